The Morgan fingerprint density at radius 2 is 1.92 bits per heavy atom. The van der Waals surface area contributed by atoms with Crippen LogP contribution in [-0.4, -0.2) is 33.4 Å². The summed E-state index contributed by atoms with van der Waals surface area (Å²) in [5, 5.41) is 0. The van der Waals surface area contributed by atoms with Crippen LogP contribution in [0.4, 0.5) is 0 Å². The number of carbonyl (C=O) groups is 1. The number of nitrogens with zero attached hydrogens (tertiary/aromatic N) is 3. The molecule has 1 aliphatic rings. The van der Waals surface area contributed by atoms with Crippen molar-refractivity contribution in [1.29, 1.82) is 0 Å². The summed E-state index contributed by atoms with van der Waals surface area (Å²) in [6.07, 6.45) is 1.78. The van der Waals surface area contributed by atoms with Crippen LogP contribution >= 0.6 is 0 Å². The average molecular weight is 333 g/mol. The molecule has 0 N–H and O–H groups in total. The Morgan fingerprint density at radius 3 is 2.68 bits per heavy atom. The van der Waals surface area contributed by atoms with Crippen molar-refractivity contribution in [3.8, 4) is 0 Å². The first kappa shape index (κ1) is 15.9. The molecule has 0 radical (unpaired) electrons. The quantitative estimate of drug-likeness (QED) is 0.715. The standard InChI is InChI=1S/C21H23N3O/c1-21(2)13-24(12-17(21)15-7-5-4-6-8-15)20(25)16-9-10-19-18(11-16)22-14-23(19)3/h4-11,14,17H,12-13H2,1-3H3. The van der Waals surface area contributed by atoms with E-state index in [2.05, 4.69) is 43.1 Å². The Hall–Kier alpha value is -2.62. The number of benzene rings is 2. The van der Waals surface area contributed by atoms with Crippen molar-refractivity contribution in [2.24, 2.45) is 12.5 Å². The third-order valence-electron chi connectivity index (χ3n) is 5.41. The molecule has 0 spiro atoms. The second kappa shape index (κ2) is 5.73. The number of likely N-dealkylation sites (tertiary alicyclic amines) is 1. The summed E-state index contributed by atoms with van der Waals surface area (Å²) < 4.78 is 1.97. The summed E-state index contributed by atoms with van der Waals surface area (Å²) in [5.41, 5.74) is 4.00. The van der Waals surface area contributed by atoms with Gasteiger partial charge in [0.2, 0.25) is 0 Å². The van der Waals surface area contributed by atoms with Crippen LogP contribution in [0, 0.1) is 5.41 Å². The lowest BCUT2D eigenvalue weighted by atomic mass is 9.78. The van der Waals surface area contributed by atoms with E-state index in [1.165, 1.54) is 5.56 Å². The number of aromatic nitrogens is 2. The van der Waals surface area contributed by atoms with Crippen LogP contribution in [0.1, 0.15) is 35.7 Å². The van der Waals surface area contributed by atoms with Gasteiger partial charge in [0.1, 0.15) is 0 Å². The first-order valence-corrected chi connectivity index (χ1v) is 8.71. The van der Waals surface area contributed by atoms with Crippen LogP contribution in [0.3, 0.4) is 0 Å². The van der Waals surface area contributed by atoms with Crippen molar-refractivity contribution in [3.05, 3.63) is 66.0 Å². The average Bonchev–Trinajstić information content (AvgIpc) is 3.14. The van der Waals surface area contributed by atoms with Gasteiger partial charge in [0.25, 0.3) is 5.91 Å². The van der Waals surface area contributed by atoms with E-state index in [0.29, 0.717) is 5.92 Å². The summed E-state index contributed by atoms with van der Waals surface area (Å²) in [6, 6.07) is 16.3. The molecule has 1 unspecified atom stereocenters. The van der Waals surface area contributed by atoms with Crippen molar-refractivity contribution in [1.82, 2.24) is 14.5 Å². The topological polar surface area (TPSA) is 38.1 Å². The number of rotatable bonds is 2. The van der Waals surface area contributed by atoms with Crippen LogP contribution in [0.2, 0.25) is 0 Å². The molecule has 4 rings (SSSR count). The van der Waals surface area contributed by atoms with Crippen LogP contribution in [0.25, 0.3) is 11.0 Å². The highest BCUT2D eigenvalue weighted by atomic mass is 16.2. The van der Waals surface area contributed by atoms with Gasteiger partial charge >= 0.3 is 0 Å². The van der Waals surface area contributed by atoms with E-state index in [9.17, 15) is 4.79 Å². The molecule has 2 aromatic carbocycles. The molecule has 1 fully saturated rings. The van der Waals surface area contributed by atoms with E-state index in [1.54, 1.807) is 6.33 Å². The monoisotopic (exact) mass is 333 g/mol. The molecule has 128 valence electrons. The first-order chi connectivity index (χ1) is 12.0. The molecule has 0 aliphatic carbocycles. The summed E-state index contributed by atoms with van der Waals surface area (Å²) in [4.78, 5) is 19.4. The fourth-order valence-electron chi connectivity index (χ4n) is 3.98. The molecule has 1 aliphatic heterocycles. The van der Waals surface area contributed by atoms with Crippen LogP contribution in [0.15, 0.2) is 54.9 Å². The van der Waals surface area contributed by atoms with Crippen LogP contribution in [0.5, 0.6) is 0 Å². The molecule has 25 heavy (non-hydrogen) atoms. The predicted molar refractivity (Wildman–Crippen MR) is 99.6 cm³/mol. The van der Waals surface area contributed by atoms with Crippen molar-refractivity contribution in [2.45, 2.75) is 19.8 Å². The number of fused-ring (bicyclic) bond motifs is 1. The van der Waals surface area contributed by atoms with E-state index in [0.717, 1.165) is 29.7 Å². The van der Waals surface area contributed by atoms with E-state index in [4.69, 9.17) is 0 Å². The minimum Gasteiger partial charge on any atom is -0.337 e. The Bertz CT molecular complexity index is 927. The first-order valence-electron chi connectivity index (χ1n) is 8.71. The predicted octanol–water partition coefficient (Wildman–Crippen LogP) is 3.84. The Morgan fingerprint density at radius 1 is 1.16 bits per heavy atom. The van der Waals surface area contributed by atoms with Gasteiger partial charge in [-0.1, -0.05) is 44.2 Å². The zero-order valence-electron chi connectivity index (χ0n) is 14.9. The number of imidazole rings is 1. The fourth-order valence-corrected chi connectivity index (χ4v) is 3.98. The largest absolute Gasteiger partial charge is 0.337 e. The van der Waals surface area contributed by atoms with Gasteiger partial charge in [-0.05, 0) is 29.2 Å². The fraction of sp³-hybridized carbons (Fsp3) is 0.333. The highest BCUT2D eigenvalue weighted by molar-refractivity contribution is 5.97. The molecule has 1 amide bonds. The third kappa shape index (κ3) is 2.72. The van der Waals surface area contributed by atoms with Gasteiger partial charge < -0.3 is 9.47 Å². The summed E-state index contributed by atoms with van der Waals surface area (Å²) in [7, 11) is 1.96. The van der Waals surface area contributed by atoms with Gasteiger partial charge in [0.05, 0.1) is 17.4 Å². The molecule has 4 nitrogen and oxygen atoms in total. The molecular weight excluding hydrogens is 310 g/mol. The minimum absolute atomic E-state index is 0.0616. The molecule has 3 aromatic rings. The Labute approximate surface area is 148 Å². The highest BCUT2D eigenvalue weighted by Crippen LogP contribution is 2.42. The van der Waals surface area contributed by atoms with Crippen molar-refractivity contribution >= 4 is 16.9 Å². The highest BCUT2D eigenvalue weighted by Gasteiger charge is 2.42. The van der Waals surface area contributed by atoms with Crippen LogP contribution in [-0.2, 0) is 7.05 Å². The lowest BCUT2D eigenvalue weighted by Crippen LogP contribution is -2.30. The maximum atomic E-state index is 13.1. The molecule has 1 saturated heterocycles. The minimum atomic E-state index is 0.0616. The van der Waals surface area contributed by atoms with Gasteiger partial charge in [-0.15, -0.1) is 0 Å². The number of hydrogen-bond donors (Lipinski definition) is 0. The van der Waals surface area contributed by atoms with Gasteiger partial charge in [-0.2, -0.15) is 0 Å². The molecule has 0 bridgehead atoms. The van der Waals surface area contributed by atoms with Gasteiger partial charge in [-0.25, -0.2) is 4.98 Å². The molecule has 1 atom stereocenters. The lowest BCUT2D eigenvalue weighted by Gasteiger charge is -2.25. The summed E-state index contributed by atoms with van der Waals surface area (Å²) >= 11 is 0. The van der Waals surface area contributed by atoms with E-state index in [1.807, 2.05) is 40.8 Å². The number of hydrogen-bond acceptors (Lipinski definition) is 2. The normalized spacial score (nSPS) is 19.5. The Kier molecular flexibility index (Phi) is 3.64. The van der Waals surface area contributed by atoms with Gasteiger partial charge in [-0.3, -0.25) is 4.79 Å². The van der Waals surface area contributed by atoms with E-state index >= 15 is 0 Å². The lowest BCUT2D eigenvalue weighted by molar-refractivity contribution is 0.0778. The summed E-state index contributed by atoms with van der Waals surface area (Å²) in [6.45, 7) is 6.03. The van der Waals surface area contributed by atoms with Gasteiger partial charge in [0.15, 0.2) is 0 Å². The van der Waals surface area contributed by atoms with Crippen molar-refractivity contribution in [2.75, 3.05) is 13.1 Å². The molecule has 4 heteroatoms. The van der Waals surface area contributed by atoms with Crippen LogP contribution < -0.4 is 0 Å². The molecule has 0 saturated carbocycles. The van der Waals surface area contributed by atoms with Crippen molar-refractivity contribution < 1.29 is 4.79 Å². The van der Waals surface area contributed by atoms with Crippen molar-refractivity contribution in [3.63, 3.8) is 0 Å². The summed E-state index contributed by atoms with van der Waals surface area (Å²) in [5.74, 6) is 0.454. The maximum absolute atomic E-state index is 13.1. The third-order valence-corrected chi connectivity index (χ3v) is 5.41. The zero-order chi connectivity index (χ0) is 17.6. The second-order valence-corrected chi connectivity index (χ2v) is 7.70. The van der Waals surface area contributed by atoms with E-state index in [-0.39, 0.29) is 11.3 Å². The maximum Gasteiger partial charge on any atom is 0.253 e. The number of aryl methyl sites for hydroxylation is 1. The SMILES string of the molecule is Cn1cnc2cc(C(=O)N3CC(c4ccccc4)C(C)(C)C3)ccc21. The smallest absolute Gasteiger partial charge is 0.253 e. The number of amides is 1. The molecule has 1 aromatic heterocycles. The zero-order valence-corrected chi connectivity index (χ0v) is 14.9. The molecule has 2 heterocycles. The van der Waals surface area contributed by atoms with Gasteiger partial charge in [0, 0.05) is 31.6 Å². The number of carbonyl (C=O) groups excluding carboxylic acids is 1. The second-order valence-electron chi connectivity index (χ2n) is 7.70. The van der Waals surface area contributed by atoms with E-state index < -0.39 is 0 Å². The Balaban J connectivity index is 1.62. The molecular formula is C21H23N3O.